The average molecular weight is 303 g/mol. The second-order valence-electron chi connectivity index (χ2n) is 7.29. The van der Waals surface area contributed by atoms with Crippen molar-refractivity contribution in [2.24, 2.45) is 11.8 Å². The van der Waals surface area contributed by atoms with Crippen LogP contribution in [0.1, 0.15) is 83.1 Å². The Morgan fingerprint density at radius 2 is 1.41 bits per heavy atom. The lowest BCUT2D eigenvalue weighted by atomic mass is 9.78. The molecule has 22 heavy (non-hydrogen) atoms. The van der Waals surface area contributed by atoms with E-state index in [1.807, 2.05) is 12.1 Å². The van der Waals surface area contributed by atoms with E-state index in [1.165, 1.54) is 82.6 Å². The van der Waals surface area contributed by atoms with Gasteiger partial charge in [-0.25, -0.2) is 0 Å². The van der Waals surface area contributed by atoms with Gasteiger partial charge >= 0.3 is 0 Å². The minimum absolute atomic E-state index is 0.378. The summed E-state index contributed by atoms with van der Waals surface area (Å²) in [6.07, 6.45) is 16.9. The number of benzene rings is 1. The highest BCUT2D eigenvalue weighted by Gasteiger charge is 2.20. The Balaban J connectivity index is 1.56. The van der Waals surface area contributed by atoms with E-state index in [0.717, 1.165) is 11.8 Å². The summed E-state index contributed by atoms with van der Waals surface area (Å²) in [4.78, 5) is 0. The fourth-order valence-corrected chi connectivity index (χ4v) is 3.88. The van der Waals surface area contributed by atoms with E-state index in [4.69, 9.17) is 0 Å². The number of hydrogen-bond acceptors (Lipinski definition) is 1. The summed E-state index contributed by atoms with van der Waals surface area (Å²) in [5, 5.41) is 9.32. The third-order valence-corrected chi connectivity index (χ3v) is 5.46. The van der Waals surface area contributed by atoms with Crippen LogP contribution in [0.25, 0.3) is 0 Å². The number of rotatable bonds is 9. The molecule has 2 rings (SSSR count). The Morgan fingerprint density at radius 3 is 2.05 bits per heavy atom. The van der Waals surface area contributed by atoms with Gasteiger partial charge in [0, 0.05) is 0 Å². The molecule has 0 amide bonds. The van der Waals surface area contributed by atoms with Crippen LogP contribution in [0.3, 0.4) is 0 Å². The van der Waals surface area contributed by atoms with Crippen molar-refractivity contribution in [3.05, 3.63) is 29.8 Å². The van der Waals surface area contributed by atoms with Crippen LogP contribution in [0.15, 0.2) is 24.3 Å². The van der Waals surface area contributed by atoms with Gasteiger partial charge < -0.3 is 5.11 Å². The molecule has 0 atom stereocenters. The van der Waals surface area contributed by atoms with E-state index < -0.39 is 0 Å². The summed E-state index contributed by atoms with van der Waals surface area (Å²) in [6, 6.07) is 7.75. The zero-order valence-corrected chi connectivity index (χ0v) is 14.4. The van der Waals surface area contributed by atoms with Crippen molar-refractivity contribution in [3.63, 3.8) is 0 Å². The molecular weight excluding hydrogens is 268 g/mol. The van der Waals surface area contributed by atoms with Gasteiger partial charge in [-0.1, -0.05) is 83.3 Å². The van der Waals surface area contributed by atoms with E-state index in [9.17, 15) is 5.11 Å². The molecule has 0 radical (unpaired) electrons. The Hall–Kier alpha value is -0.980. The highest BCUT2D eigenvalue weighted by molar-refractivity contribution is 5.25. The SMILES string of the molecule is CCCCCCC[C@H]1CC[C@H](CCc2ccc(O)cc2)CC1. The molecule has 0 bridgehead atoms. The van der Waals surface area contributed by atoms with Crippen LogP contribution in [0.2, 0.25) is 0 Å². The summed E-state index contributed by atoms with van der Waals surface area (Å²) in [5.74, 6) is 2.33. The highest BCUT2D eigenvalue weighted by Crippen LogP contribution is 2.34. The number of aryl methyl sites for hydroxylation is 1. The molecule has 0 aliphatic heterocycles. The first-order valence-corrected chi connectivity index (χ1v) is 9.56. The molecule has 0 aromatic heterocycles. The lowest BCUT2D eigenvalue weighted by Gasteiger charge is -2.28. The van der Waals surface area contributed by atoms with Crippen molar-refractivity contribution in [2.45, 2.75) is 84.0 Å². The molecule has 0 heterocycles. The molecule has 124 valence electrons. The summed E-state index contributed by atoms with van der Waals surface area (Å²) in [7, 11) is 0. The topological polar surface area (TPSA) is 20.2 Å². The van der Waals surface area contributed by atoms with Crippen LogP contribution in [0.5, 0.6) is 5.75 Å². The largest absolute Gasteiger partial charge is 0.508 e. The molecule has 1 heteroatoms. The third-order valence-electron chi connectivity index (χ3n) is 5.46. The molecule has 1 aromatic carbocycles. The number of hydrogen-bond donors (Lipinski definition) is 1. The van der Waals surface area contributed by atoms with Gasteiger partial charge in [-0.2, -0.15) is 0 Å². The molecular formula is C21H34O. The summed E-state index contributed by atoms with van der Waals surface area (Å²) in [5.41, 5.74) is 1.37. The molecule has 1 fully saturated rings. The average Bonchev–Trinajstić information content (AvgIpc) is 2.55. The van der Waals surface area contributed by atoms with Gasteiger partial charge in [0.05, 0.1) is 0 Å². The first-order valence-electron chi connectivity index (χ1n) is 9.56. The molecule has 1 nitrogen and oxygen atoms in total. The minimum atomic E-state index is 0.378. The zero-order valence-electron chi connectivity index (χ0n) is 14.4. The lowest BCUT2D eigenvalue weighted by Crippen LogP contribution is -2.15. The van der Waals surface area contributed by atoms with Gasteiger partial charge in [-0.05, 0) is 42.4 Å². The molecule has 1 aliphatic carbocycles. The smallest absolute Gasteiger partial charge is 0.115 e. The minimum Gasteiger partial charge on any atom is -0.508 e. The van der Waals surface area contributed by atoms with Crippen molar-refractivity contribution >= 4 is 0 Å². The van der Waals surface area contributed by atoms with Crippen LogP contribution in [0, 0.1) is 11.8 Å². The number of phenols is 1. The Bertz CT molecular complexity index is 387. The van der Waals surface area contributed by atoms with Crippen LogP contribution in [0.4, 0.5) is 0 Å². The summed E-state index contributed by atoms with van der Waals surface area (Å²) >= 11 is 0. The van der Waals surface area contributed by atoms with Crippen molar-refractivity contribution < 1.29 is 5.11 Å². The van der Waals surface area contributed by atoms with E-state index >= 15 is 0 Å². The van der Waals surface area contributed by atoms with Crippen LogP contribution in [-0.2, 0) is 6.42 Å². The van der Waals surface area contributed by atoms with Crippen LogP contribution >= 0.6 is 0 Å². The molecule has 0 saturated heterocycles. The summed E-state index contributed by atoms with van der Waals surface area (Å²) < 4.78 is 0. The molecule has 1 saturated carbocycles. The second kappa shape index (κ2) is 9.92. The van der Waals surface area contributed by atoms with Gasteiger partial charge in [-0.15, -0.1) is 0 Å². The van der Waals surface area contributed by atoms with Crippen molar-refractivity contribution in [1.29, 1.82) is 0 Å². The molecule has 1 aromatic rings. The molecule has 0 spiro atoms. The fraction of sp³-hybridized carbons (Fsp3) is 0.714. The van der Waals surface area contributed by atoms with Gasteiger partial charge in [0.2, 0.25) is 0 Å². The summed E-state index contributed by atoms with van der Waals surface area (Å²) in [6.45, 7) is 2.29. The first kappa shape index (κ1) is 17.4. The van der Waals surface area contributed by atoms with Crippen molar-refractivity contribution in [1.82, 2.24) is 0 Å². The van der Waals surface area contributed by atoms with Gasteiger partial charge in [0.15, 0.2) is 0 Å². The quantitative estimate of drug-likeness (QED) is 0.517. The maximum atomic E-state index is 9.32. The maximum absolute atomic E-state index is 9.32. The monoisotopic (exact) mass is 302 g/mol. The third kappa shape index (κ3) is 6.42. The standard InChI is InChI=1S/C21H34O/c1-2-3-4-5-6-7-18-8-10-19(11-9-18)12-13-20-14-16-21(22)17-15-20/h14-19,22H,2-13H2,1H3/t18-,19-. The van der Waals surface area contributed by atoms with Crippen molar-refractivity contribution in [3.8, 4) is 5.75 Å². The van der Waals surface area contributed by atoms with E-state index in [2.05, 4.69) is 19.1 Å². The Labute approximate surface area is 137 Å². The van der Waals surface area contributed by atoms with Crippen LogP contribution < -0.4 is 0 Å². The van der Waals surface area contributed by atoms with Gasteiger partial charge in [0.1, 0.15) is 5.75 Å². The van der Waals surface area contributed by atoms with Gasteiger partial charge in [0.25, 0.3) is 0 Å². The van der Waals surface area contributed by atoms with Crippen LogP contribution in [-0.4, -0.2) is 5.11 Å². The molecule has 0 unspecified atom stereocenters. The normalized spacial score (nSPS) is 21.9. The predicted octanol–water partition coefficient (Wildman–Crippen LogP) is 6.49. The second-order valence-corrected chi connectivity index (χ2v) is 7.29. The van der Waals surface area contributed by atoms with E-state index in [1.54, 1.807) is 0 Å². The zero-order chi connectivity index (χ0) is 15.6. The highest BCUT2D eigenvalue weighted by atomic mass is 16.3. The Morgan fingerprint density at radius 1 is 0.818 bits per heavy atom. The van der Waals surface area contributed by atoms with Crippen molar-refractivity contribution in [2.75, 3.05) is 0 Å². The number of unbranched alkanes of at least 4 members (excludes halogenated alkanes) is 4. The molecule has 1 N–H and O–H groups in total. The van der Waals surface area contributed by atoms with E-state index in [-0.39, 0.29) is 0 Å². The number of phenolic OH excluding ortho intramolecular Hbond substituents is 1. The van der Waals surface area contributed by atoms with Gasteiger partial charge in [-0.3, -0.25) is 0 Å². The number of aromatic hydroxyl groups is 1. The van der Waals surface area contributed by atoms with E-state index in [0.29, 0.717) is 5.75 Å². The predicted molar refractivity (Wildman–Crippen MR) is 95.3 cm³/mol. The first-order chi connectivity index (χ1) is 10.8. The lowest BCUT2D eigenvalue weighted by molar-refractivity contribution is 0.248. The Kier molecular flexibility index (Phi) is 7.83. The maximum Gasteiger partial charge on any atom is 0.115 e. The molecule has 1 aliphatic rings. The fourth-order valence-electron chi connectivity index (χ4n) is 3.88.